The summed E-state index contributed by atoms with van der Waals surface area (Å²) in [4.78, 5) is 23.2. The largest absolute Gasteiger partial charge is 0.482 e. The molecule has 0 fully saturated rings. The van der Waals surface area contributed by atoms with Gasteiger partial charge in [-0.15, -0.1) is 0 Å². The topological polar surface area (TPSA) is 103 Å². The number of hydrogen-bond acceptors (Lipinski definition) is 8. The zero-order valence-corrected chi connectivity index (χ0v) is 23.6. The SMILES string of the molecule is CCOC(=O)COc1ccc(C(CCNC[C@H](O)c2cccc(Cl)c2)c2ccc(OCC(=O)OCC)cc2)cc1. The molecule has 0 radical (unpaired) electrons. The van der Waals surface area contributed by atoms with Gasteiger partial charge in [0.2, 0.25) is 0 Å². The van der Waals surface area contributed by atoms with E-state index in [9.17, 15) is 14.7 Å². The van der Waals surface area contributed by atoms with Crippen molar-refractivity contribution in [3.63, 3.8) is 0 Å². The lowest BCUT2D eigenvalue weighted by atomic mass is 9.88. The van der Waals surface area contributed by atoms with Crippen molar-refractivity contribution in [2.45, 2.75) is 32.3 Å². The van der Waals surface area contributed by atoms with E-state index < -0.39 is 18.0 Å². The summed E-state index contributed by atoms with van der Waals surface area (Å²) in [6.07, 6.45) is 0.0673. The van der Waals surface area contributed by atoms with Gasteiger partial charge < -0.3 is 29.4 Å². The first-order chi connectivity index (χ1) is 19.4. The lowest BCUT2D eigenvalue weighted by molar-refractivity contribution is -0.146. The van der Waals surface area contributed by atoms with Gasteiger partial charge in [0.25, 0.3) is 0 Å². The van der Waals surface area contributed by atoms with Gasteiger partial charge in [0, 0.05) is 17.5 Å². The van der Waals surface area contributed by atoms with E-state index in [1.54, 1.807) is 26.0 Å². The molecule has 9 heteroatoms. The first-order valence-corrected chi connectivity index (χ1v) is 13.7. The number of aliphatic hydroxyl groups is 1. The summed E-state index contributed by atoms with van der Waals surface area (Å²) in [5.41, 5.74) is 2.87. The summed E-state index contributed by atoms with van der Waals surface area (Å²) in [6.45, 7) is 4.83. The molecule has 3 aromatic rings. The van der Waals surface area contributed by atoms with Crippen molar-refractivity contribution >= 4 is 23.5 Å². The van der Waals surface area contributed by atoms with Crippen LogP contribution >= 0.6 is 11.6 Å². The molecule has 0 bridgehead atoms. The van der Waals surface area contributed by atoms with Crippen LogP contribution in [0.25, 0.3) is 0 Å². The summed E-state index contributed by atoms with van der Waals surface area (Å²) in [5.74, 6) is 0.331. The Morgan fingerprint density at radius 1 is 0.800 bits per heavy atom. The number of aliphatic hydroxyl groups excluding tert-OH is 1. The highest BCUT2D eigenvalue weighted by molar-refractivity contribution is 6.30. The highest BCUT2D eigenvalue weighted by Crippen LogP contribution is 2.30. The maximum absolute atomic E-state index is 11.6. The van der Waals surface area contributed by atoms with Crippen LogP contribution in [0, 0.1) is 0 Å². The number of halogens is 1. The Labute approximate surface area is 240 Å². The molecule has 3 aromatic carbocycles. The third-order valence-electron chi connectivity index (χ3n) is 6.07. The quantitative estimate of drug-likeness (QED) is 0.182. The number of nitrogens with one attached hydrogen (secondary N) is 1. The Bertz CT molecular complexity index is 1140. The molecule has 0 aliphatic rings. The molecule has 3 rings (SSSR count). The summed E-state index contributed by atoms with van der Waals surface area (Å²) in [6, 6.07) is 22.4. The van der Waals surface area contributed by atoms with E-state index in [-0.39, 0.29) is 19.1 Å². The third-order valence-corrected chi connectivity index (χ3v) is 6.30. The van der Waals surface area contributed by atoms with E-state index in [1.165, 1.54) is 0 Å². The molecule has 8 nitrogen and oxygen atoms in total. The molecule has 0 aromatic heterocycles. The molecule has 0 saturated carbocycles. The second-order valence-corrected chi connectivity index (χ2v) is 9.38. The number of esters is 2. The molecule has 40 heavy (non-hydrogen) atoms. The fraction of sp³-hybridized carbons (Fsp3) is 0.355. The van der Waals surface area contributed by atoms with Gasteiger partial charge in [0.1, 0.15) is 11.5 Å². The Hall–Kier alpha value is -3.59. The highest BCUT2D eigenvalue weighted by Gasteiger charge is 2.16. The fourth-order valence-electron chi connectivity index (χ4n) is 4.13. The molecule has 0 spiro atoms. The smallest absolute Gasteiger partial charge is 0.344 e. The Morgan fingerprint density at radius 2 is 1.32 bits per heavy atom. The minimum atomic E-state index is -0.677. The van der Waals surface area contributed by atoms with E-state index >= 15 is 0 Å². The van der Waals surface area contributed by atoms with Gasteiger partial charge in [-0.1, -0.05) is 48.0 Å². The first kappa shape index (κ1) is 30.9. The van der Waals surface area contributed by atoms with Gasteiger partial charge in [-0.3, -0.25) is 0 Å². The number of ether oxygens (including phenoxy) is 4. The van der Waals surface area contributed by atoms with E-state index in [1.807, 2.05) is 60.7 Å². The van der Waals surface area contributed by atoms with Crippen molar-refractivity contribution in [3.8, 4) is 11.5 Å². The van der Waals surface area contributed by atoms with Crippen molar-refractivity contribution in [1.82, 2.24) is 5.32 Å². The average Bonchev–Trinajstić information content (AvgIpc) is 2.96. The van der Waals surface area contributed by atoms with Crippen LogP contribution in [0.15, 0.2) is 72.8 Å². The van der Waals surface area contributed by atoms with Gasteiger partial charge in [-0.05, 0) is 79.9 Å². The van der Waals surface area contributed by atoms with Crippen LogP contribution in [0.3, 0.4) is 0 Å². The summed E-state index contributed by atoms with van der Waals surface area (Å²) >= 11 is 6.05. The zero-order valence-electron chi connectivity index (χ0n) is 22.8. The van der Waals surface area contributed by atoms with E-state index in [0.29, 0.717) is 42.8 Å². The maximum atomic E-state index is 11.6. The molecule has 0 unspecified atom stereocenters. The predicted octanol–water partition coefficient (Wildman–Crippen LogP) is 5.07. The number of carbonyl (C=O) groups is 2. The Kier molecular flexibility index (Phi) is 12.8. The molecular weight excluding hydrogens is 534 g/mol. The first-order valence-electron chi connectivity index (χ1n) is 13.3. The molecule has 214 valence electrons. The van der Waals surface area contributed by atoms with E-state index in [4.69, 9.17) is 30.5 Å². The van der Waals surface area contributed by atoms with Crippen LogP contribution < -0.4 is 14.8 Å². The molecule has 2 N–H and O–H groups in total. The average molecular weight is 570 g/mol. The molecule has 0 heterocycles. The van der Waals surface area contributed by atoms with Gasteiger partial charge in [-0.2, -0.15) is 0 Å². The lowest BCUT2D eigenvalue weighted by Crippen LogP contribution is -2.24. The normalized spacial score (nSPS) is 11.6. The second-order valence-electron chi connectivity index (χ2n) is 8.94. The van der Waals surface area contributed by atoms with Crippen molar-refractivity contribution in [1.29, 1.82) is 0 Å². The van der Waals surface area contributed by atoms with Gasteiger partial charge in [-0.25, -0.2) is 9.59 Å². The van der Waals surface area contributed by atoms with E-state index in [0.717, 1.165) is 23.1 Å². The molecule has 0 aliphatic carbocycles. The number of carbonyl (C=O) groups excluding carboxylic acids is 2. The molecule has 0 aliphatic heterocycles. The van der Waals surface area contributed by atoms with E-state index in [2.05, 4.69) is 5.32 Å². The fourth-order valence-corrected chi connectivity index (χ4v) is 4.32. The van der Waals surface area contributed by atoms with Crippen LogP contribution in [0.1, 0.15) is 49.0 Å². The van der Waals surface area contributed by atoms with Gasteiger partial charge in [0.05, 0.1) is 19.3 Å². The summed E-state index contributed by atoms with van der Waals surface area (Å²) < 4.78 is 20.9. The minimum absolute atomic E-state index is 0.0222. The standard InChI is InChI=1S/C31H36ClNO7/c1-3-37-30(35)20-39-26-12-8-22(9-13-26)28(16-17-33-19-29(34)24-6-5-7-25(32)18-24)23-10-14-27(15-11-23)40-21-31(36)38-4-2/h5-15,18,28-29,33-34H,3-4,16-17,19-21H2,1-2H3/t29-/m0/s1. The van der Waals surface area contributed by atoms with Crippen LogP contribution in [0.5, 0.6) is 11.5 Å². The van der Waals surface area contributed by atoms with Gasteiger partial charge in [0.15, 0.2) is 13.2 Å². The van der Waals surface area contributed by atoms with Crippen molar-refractivity contribution in [2.75, 3.05) is 39.5 Å². The van der Waals surface area contributed by atoms with Gasteiger partial charge >= 0.3 is 11.9 Å². The number of benzene rings is 3. The Morgan fingerprint density at radius 3 is 1.80 bits per heavy atom. The lowest BCUT2D eigenvalue weighted by Gasteiger charge is -2.20. The molecular formula is C31H36ClNO7. The van der Waals surface area contributed by atoms with Crippen LogP contribution in [-0.2, 0) is 19.1 Å². The third kappa shape index (κ3) is 10.2. The summed E-state index contributed by atoms with van der Waals surface area (Å²) in [7, 11) is 0. The highest BCUT2D eigenvalue weighted by atomic mass is 35.5. The molecule has 1 atom stereocenters. The number of hydrogen-bond donors (Lipinski definition) is 2. The van der Waals surface area contributed by atoms with Crippen LogP contribution in [-0.4, -0.2) is 56.6 Å². The van der Waals surface area contributed by atoms with Crippen molar-refractivity contribution < 1.29 is 33.6 Å². The zero-order chi connectivity index (χ0) is 28.7. The molecule has 0 amide bonds. The predicted molar refractivity (Wildman–Crippen MR) is 153 cm³/mol. The minimum Gasteiger partial charge on any atom is -0.482 e. The Balaban J connectivity index is 1.66. The number of rotatable bonds is 16. The monoisotopic (exact) mass is 569 g/mol. The van der Waals surface area contributed by atoms with Crippen LogP contribution in [0.2, 0.25) is 5.02 Å². The molecule has 0 saturated heterocycles. The van der Waals surface area contributed by atoms with Crippen molar-refractivity contribution in [3.05, 3.63) is 94.5 Å². The summed E-state index contributed by atoms with van der Waals surface area (Å²) in [5, 5.41) is 14.5. The maximum Gasteiger partial charge on any atom is 0.344 e. The second kappa shape index (κ2) is 16.5. The van der Waals surface area contributed by atoms with Crippen LogP contribution in [0.4, 0.5) is 0 Å². The van der Waals surface area contributed by atoms with Crippen molar-refractivity contribution in [2.24, 2.45) is 0 Å².